The van der Waals surface area contributed by atoms with E-state index < -0.39 is 11.9 Å². The molecule has 0 fully saturated rings. The van der Waals surface area contributed by atoms with Gasteiger partial charge >= 0.3 is 5.97 Å². The first kappa shape index (κ1) is 12.7. The number of nitrogens with one attached hydrogen (secondary N) is 1. The van der Waals surface area contributed by atoms with Gasteiger partial charge in [0.25, 0.3) is 5.91 Å². The molecule has 2 aromatic rings. The molecule has 2 N–H and O–H groups in total. The molecule has 0 aliphatic carbocycles. The van der Waals surface area contributed by atoms with Gasteiger partial charge in [0.15, 0.2) is 0 Å². The van der Waals surface area contributed by atoms with Crippen LogP contribution in [0, 0.1) is 0 Å². The van der Waals surface area contributed by atoms with Crippen molar-refractivity contribution in [2.24, 2.45) is 0 Å². The van der Waals surface area contributed by atoms with Crippen LogP contribution in [-0.2, 0) is 4.79 Å². The summed E-state index contributed by atoms with van der Waals surface area (Å²) in [7, 11) is 0. The van der Waals surface area contributed by atoms with Crippen molar-refractivity contribution in [2.45, 2.75) is 6.42 Å². The van der Waals surface area contributed by atoms with Crippen LogP contribution >= 0.6 is 0 Å². The van der Waals surface area contributed by atoms with Gasteiger partial charge in [0, 0.05) is 12.2 Å². The number of H-pyrrole nitrogens is 1. The highest BCUT2D eigenvalue weighted by atomic mass is 16.4. The minimum absolute atomic E-state index is 0.0683. The Morgan fingerprint density at radius 2 is 2.00 bits per heavy atom. The lowest BCUT2D eigenvalue weighted by Gasteiger charge is -2.20. The van der Waals surface area contributed by atoms with Crippen molar-refractivity contribution >= 4 is 17.6 Å². The maximum Gasteiger partial charge on any atom is 0.305 e. The number of amides is 1. The zero-order valence-corrected chi connectivity index (χ0v) is 9.98. The summed E-state index contributed by atoms with van der Waals surface area (Å²) in [5.74, 6) is -1.30. The molecule has 2 rings (SSSR count). The van der Waals surface area contributed by atoms with Gasteiger partial charge in [-0.25, -0.2) is 4.98 Å². The molecule has 0 saturated carbocycles. The van der Waals surface area contributed by atoms with Crippen LogP contribution < -0.4 is 4.90 Å². The molecule has 1 heterocycles. The number of carbonyl (C=O) groups excluding carboxylic acids is 1. The predicted octanol–water partition coefficient (Wildman–Crippen LogP) is 0.926. The second-order valence-electron chi connectivity index (χ2n) is 3.77. The maximum absolute atomic E-state index is 12.2. The fraction of sp³-hybridized carbons (Fsp3) is 0.167. The topological polar surface area (TPSA) is 99.2 Å². The number of carboxylic acid groups (broad SMARTS) is 1. The Bertz CT molecular complexity index is 554. The molecule has 0 atom stereocenters. The zero-order chi connectivity index (χ0) is 13.7. The van der Waals surface area contributed by atoms with Crippen LogP contribution in [0.2, 0.25) is 0 Å². The van der Waals surface area contributed by atoms with E-state index in [4.69, 9.17) is 5.11 Å². The molecule has 0 unspecified atom stereocenters. The molecule has 0 bridgehead atoms. The molecule has 0 radical (unpaired) electrons. The average molecular weight is 260 g/mol. The Kier molecular flexibility index (Phi) is 3.87. The van der Waals surface area contributed by atoms with Gasteiger partial charge in [-0.05, 0) is 12.1 Å². The molecule has 1 amide bonds. The van der Waals surface area contributed by atoms with Gasteiger partial charge in [0.2, 0.25) is 5.82 Å². The lowest BCUT2D eigenvalue weighted by Crippen LogP contribution is -2.33. The number of hydrogen-bond donors (Lipinski definition) is 2. The third kappa shape index (κ3) is 3.15. The first-order valence-electron chi connectivity index (χ1n) is 5.62. The number of rotatable bonds is 5. The maximum atomic E-state index is 12.2. The van der Waals surface area contributed by atoms with Crippen molar-refractivity contribution in [1.29, 1.82) is 0 Å². The summed E-state index contributed by atoms with van der Waals surface area (Å²) >= 11 is 0. The highest BCUT2D eigenvalue weighted by molar-refractivity contribution is 6.03. The Morgan fingerprint density at radius 3 is 2.58 bits per heavy atom. The molecule has 7 heteroatoms. The fourth-order valence-corrected chi connectivity index (χ4v) is 1.60. The molecule has 1 aromatic heterocycles. The van der Waals surface area contributed by atoms with Crippen molar-refractivity contribution in [3.05, 3.63) is 42.5 Å². The van der Waals surface area contributed by atoms with Crippen LogP contribution in [0.25, 0.3) is 0 Å². The number of para-hydroxylation sites is 1. The second-order valence-corrected chi connectivity index (χ2v) is 3.77. The lowest BCUT2D eigenvalue weighted by molar-refractivity contribution is -0.136. The van der Waals surface area contributed by atoms with E-state index in [9.17, 15) is 9.59 Å². The number of nitrogens with zero attached hydrogens (tertiary/aromatic N) is 3. The van der Waals surface area contributed by atoms with Crippen LogP contribution in [0.1, 0.15) is 17.0 Å². The lowest BCUT2D eigenvalue weighted by atomic mass is 10.2. The number of aromatic amines is 1. The number of carboxylic acids is 1. The van der Waals surface area contributed by atoms with Gasteiger partial charge in [0.05, 0.1) is 6.42 Å². The Labute approximate surface area is 108 Å². The Hall–Kier alpha value is -2.70. The summed E-state index contributed by atoms with van der Waals surface area (Å²) in [4.78, 5) is 28.0. The zero-order valence-electron chi connectivity index (χ0n) is 9.98. The highest BCUT2D eigenvalue weighted by Gasteiger charge is 2.20. The molecule has 0 aliphatic heterocycles. The molecule has 7 nitrogen and oxygen atoms in total. The number of anilines is 1. The second kappa shape index (κ2) is 5.76. The summed E-state index contributed by atoms with van der Waals surface area (Å²) < 4.78 is 0. The quantitative estimate of drug-likeness (QED) is 0.833. The van der Waals surface area contributed by atoms with E-state index >= 15 is 0 Å². The highest BCUT2D eigenvalue weighted by Crippen LogP contribution is 2.15. The standard InChI is InChI=1S/C12H12N4O3/c17-10(18)6-7-16(9-4-2-1-3-5-9)12(19)11-13-8-14-15-11/h1-5,8H,6-7H2,(H,17,18)(H,13,14,15). The summed E-state index contributed by atoms with van der Waals surface area (Å²) in [5.41, 5.74) is 0.616. The summed E-state index contributed by atoms with van der Waals surface area (Å²) in [6, 6.07) is 8.83. The Balaban J connectivity index is 2.24. The Morgan fingerprint density at radius 1 is 1.26 bits per heavy atom. The van der Waals surface area contributed by atoms with Crippen molar-refractivity contribution in [2.75, 3.05) is 11.4 Å². The average Bonchev–Trinajstić information content (AvgIpc) is 2.93. The molecule has 1 aromatic carbocycles. The molecule has 19 heavy (non-hydrogen) atoms. The van der Waals surface area contributed by atoms with Crippen molar-refractivity contribution < 1.29 is 14.7 Å². The number of aliphatic carboxylic acids is 1. The molecular weight excluding hydrogens is 248 g/mol. The van der Waals surface area contributed by atoms with E-state index in [1.807, 2.05) is 6.07 Å². The van der Waals surface area contributed by atoms with E-state index in [1.54, 1.807) is 24.3 Å². The monoisotopic (exact) mass is 260 g/mol. The van der Waals surface area contributed by atoms with E-state index in [1.165, 1.54) is 11.2 Å². The van der Waals surface area contributed by atoms with Crippen LogP contribution in [0.5, 0.6) is 0 Å². The van der Waals surface area contributed by atoms with Crippen molar-refractivity contribution in [1.82, 2.24) is 15.2 Å². The van der Waals surface area contributed by atoms with Gasteiger partial charge in [-0.3, -0.25) is 14.7 Å². The third-order valence-electron chi connectivity index (χ3n) is 2.48. The van der Waals surface area contributed by atoms with Gasteiger partial charge < -0.3 is 10.0 Å². The van der Waals surface area contributed by atoms with E-state index in [-0.39, 0.29) is 18.8 Å². The van der Waals surface area contributed by atoms with Crippen molar-refractivity contribution in [3.63, 3.8) is 0 Å². The SMILES string of the molecule is O=C(O)CCN(C(=O)c1ncn[nH]1)c1ccccc1. The predicted molar refractivity (Wildman–Crippen MR) is 66.8 cm³/mol. The molecule has 0 saturated heterocycles. The number of carbonyl (C=O) groups is 2. The van der Waals surface area contributed by atoms with Crippen LogP contribution in [0.4, 0.5) is 5.69 Å². The molecule has 0 aliphatic rings. The van der Waals surface area contributed by atoms with Gasteiger partial charge in [-0.1, -0.05) is 18.2 Å². The fourth-order valence-electron chi connectivity index (χ4n) is 1.60. The summed E-state index contributed by atoms with van der Waals surface area (Å²) in [6.07, 6.45) is 1.09. The first-order chi connectivity index (χ1) is 9.18. The third-order valence-corrected chi connectivity index (χ3v) is 2.48. The van der Waals surface area contributed by atoms with E-state index in [2.05, 4.69) is 15.2 Å². The van der Waals surface area contributed by atoms with Crippen molar-refractivity contribution in [3.8, 4) is 0 Å². The smallest absolute Gasteiger partial charge is 0.305 e. The number of aromatic nitrogens is 3. The van der Waals surface area contributed by atoms with E-state index in [0.29, 0.717) is 5.69 Å². The molecule has 0 spiro atoms. The number of benzene rings is 1. The van der Waals surface area contributed by atoms with E-state index in [0.717, 1.165) is 0 Å². The molecular formula is C12H12N4O3. The minimum Gasteiger partial charge on any atom is -0.481 e. The largest absolute Gasteiger partial charge is 0.481 e. The summed E-state index contributed by atoms with van der Waals surface area (Å²) in [5, 5.41) is 14.8. The van der Waals surface area contributed by atoms with Gasteiger partial charge in [-0.2, -0.15) is 5.10 Å². The van der Waals surface area contributed by atoms with Gasteiger partial charge in [0.1, 0.15) is 6.33 Å². The summed E-state index contributed by atoms with van der Waals surface area (Å²) in [6.45, 7) is 0.0683. The minimum atomic E-state index is -0.966. The normalized spacial score (nSPS) is 10.1. The van der Waals surface area contributed by atoms with Crippen LogP contribution in [0.3, 0.4) is 0 Å². The van der Waals surface area contributed by atoms with Gasteiger partial charge in [-0.15, -0.1) is 0 Å². The molecule has 98 valence electrons. The first-order valence-corrected chi connectivity index (χ1v) is 5.62. The van der Waals surface area contributed by atoms with Crippen LogP contribution in [0.15, 0.2) is 36.7 Å². The van der Waals surface area contributed by atoms with Crippen LogP contribution in [-0.4, -0.2) is 38.7 Å². The number of hydrogen-bond acceptors (Lipinski definition) is 4.